The van der Waals surface area contributed by atoms with Gasteiger partial charge in [-0.3, -0.25) is 4.79 Å². The first-order chi connectivity index (χ1) is 15.0. The van der Waals surface area contributed by atoms with Gasteiger partial charge in [0.2, 0.25) is 17.7 Å². The van der Waals surface area contributed by atoms with Crippen molar-refractivity contribution in [2.75, 3.05) is 19.4 Å². The Bertz CT molecular complexity index is 1140. The number of carbonyl (C=O) groups excluding carboxylic acids is 1. The maximum atomic E-state index is 11.8. The first-order valence-electron chi connectivity index (χ1n) is 10.3. The van der Waals surface area contributed by atoms with Crippen LogP contribution in [0.1, 0.15) is 30.0 Å². The second-order valence-corrected chi connectivity index (χ2v) is 7.96. The van der Waals surface area contributed by atoms with Gasteiger partial charge in [0.05, 0.1) is 0 Å². The predicted molar refractivity (Wildman–Crippen MR) is 123 cm³/mol. The number of fused-ring (bicyclic) bond motifs is 1. The largest absolute Gasteiger partial charge is 0.439 e. The maximum absolute atomic E-state index is 11.8. The van der Waals surface area contributed by atoms with Crippen LogP contribution in [0.15, 0.2) is 60.3 Å². The number of amides is 1. The summed E-state index contributed by atoms with van der Waals surface area (Å²) in [5.41, 5.74) is 5.82. The summed E-state index contributed by atoms with van der Waals surface area (Å²) in [4.78, 5) is 22.2. The number of allylic oxidation sites excluding steroid dienone is 1. The molecule has 1 N–H and O–H groups in total. The van der Waals surface area contributed by atoms with E-state index in [1.165, 1.54) is 16.7 Å². The van der Waals surface area contributed by atoms with Crippen molar-refractivity contribution in [3.63, 3.8) is 0 Å². The van der Waals surface area contributed by atoms with Crippen molar-refractivity contribution in [2.45, 2.75) is 26.2 Å². The van der Waals surface area contributed by atoms with Gasteiger partial charge in [-0.2, -0.15) is 4.98 Å². The zero-order valence-corrected chi connectivity index (χ0v) is 18.1. The highest BCUT2D eigenvalue weighted by Crippen LogP contribution is 2.30. The number of carbonyl (C=O) groups is 1. The van der Waals surface area contributed by atoms with E-state index in [2.05, 4.69) is 34.4 Å². The lowest BCUT2D eigenvalue weighted by molar-refractivity contribution is -0.128. The number of aryl methyl sites for hydroxylation is 1. The quantitative estimate of drug-likeness (QED) is 0.590. The van der Waals surface area contributed by atoms with Crippen molar-refractivity contribution in [1.29, 1.82) is 0 Å². The molecule has 3 aromatic rings. The Morgan fingerprint density at radius 1 is 1.16 bits per heavy atom. The molecule has 0 saturated carbocycles. The van der Waals surface area contributed by atoms with Crippen molar-refractivity contribution < 1.29 is 9.53 Å². The highest BCUT2D eigenvalue weighted by atomic mass is 16.5. The minimum absolute atomic E-state index is 0.115. The van der Waals surface area contributed by atoms with Crippen LogP contribution in [0.5, 0.6) is 11.6 Å². The van der Waals surface area contributed by atoms with E-state index < -0.39 is 0 Å². The smallest absolute Gasteiger partial charge is 0.230 e. The monoisotopic (exact) mass is 414 g/mol. The van der Waals surface area contributed by atoms with Crippen LogP contribution < -0.4 is 10.1 Å². The first kappa shape index (κ1) is 20.6. The normalized spacial score (nSPS) is 12.2. The fourth-order valence-corrected chi connectivity index (χ4v) is 3.54. The van der Waals surface area contributed by atoms with E-state index in [1.807, 2.05) is 36.4 Å². The third kappa shape index (κ3) is 5.28. The third-order valence-corrected chi connectivity index (χ3v) is 5.15. The SMILES string of the molecule is CC1=Cc2cc(Oc3ccnc(Nc4cccc(CCC(=O)N(C)C)c4)n3)ccc2C1. The van der Waals surface area contributed by atoms with Crippen molar-refractivity contribution in [3.05, 3.63) is 77.0 Å². The van der Waals surface area contributed by atoms with Gasteiger partial charge in [0.1, 0.15) is 5.75 Å². The zero-order chi connectivity index (χ0) is 21.8. The lowest BCUT2D eigenvalue weighted by Crippen LogP contribution is -2.21. The molecule has 1 aromatic heterocycles. The molecule has 6 heteroatoms. The van der Waals surface area contributed by atoms with Crippen molar-refractivity contribution >= 4 is 23.6 Å². The lowest BCUT2D eigenvalue weighted by Gasteiger charge is -2.11. The van der Waals surface area contributed by atoms with Gasteiger partial charge < -0.3 is 15.0 Å². The van der Waals surface area contributed by atoms with Crippen LogP contribution >= 0.6 is 0 Å². The van der Waals surface area contributed by atoms with E-state index in [-0.39, 0.29) is 5.91 Å². The van der Waals surface area contributed by atoms with Crippen LogP contribution in [0, 0.1) is 0 Å². The van der Waals surface area contributed by atoms with E-state index in [4.69, 9.17) is 4.74 Å². The number of nitrogens with one attached hydrogen (secondary N) is 1. The number of nitrogens with zero attached hydrogens (tertiary/aromatic N) is 3. The molecule has 6 nitrogen and oxygen atoms in total. The van der Waals surface area contributed by atoms with Crippen LogP contribution in [-0.4, -0.2) is 34.9 Å². The molecule has 0 radical (unpaired) electrons. The summed E-state index contributed by atoms with van der Waals surface area (Å²) in [7, 11) is 3.54. The Balaban J connectivity index is 1.43. The number of rotatable bonds is 7. The fourth-order valence-electron chi connectivity index (χ4n) is 3.54. The van der Waals surface area contributed by atoms with E-state index in [0.717, 1.165) is 23.4 Å². The lowest BCUT2D eigenvalue weighted by atomic mass is 10.1. The van der Waals surface area contributed by atoms with E-state index in [9.17, 15) is 4.79 Å². The second kappa shape index (κ2) is 9.00. The molecule has 1 aliphatic rings. The molecule has 1 aliphatic carbocycles. The van der Waals surface area contributed by atoms with Crippen LogP contribution in [0.3, 0.4) is 0 Å². The number of hydrogen-bond donors (Lipinski definition) is 1. The standard InChI is InChI=1S/C25H26N4O2/c1-17-13-19-8-9-22(16-20(19)14-17)31-23-11-12-26-25(28-23)27-21-6-4-5-18(15-21)7-10-24(30)29(2)3/h4-6,8-9,11-12,14-16H,7,10,13H2,1-3H3,(H,26,27,28). The molecule has 0 bridgehead atoms. The summed E-state index contributed by atoms with van der Waals surface area (Å²) in [6.45, 7) is 2.14. The maximum Gasteiger partial charge on any atom is 0.230 e. The molecular formula is C25H26N4O2. The molecular weight excluding hydrogens is 388 g/mol. The van der Waals surface area contributed by atoms with Crippen LogP contribution in [0.4, 0.5) is 11.6 Å². The molecule has 1 heterocycles. The van der Waals surface area contributed by atoms with Gasteiger partial charge in [-0.15, -0.1) is 0 Å². The van der Waals surface area contributed by atoms with Gasteiger partial charge >= 0.3 is 0 Å². The Hall–Kier alpha value is -3.67. The highest BCUT2D eigenvalue weighted by Gasteiger charge is 2.11. The van der Waals surface area contributed by atoms with Gasteiger partial charge in [-0.25, -0.2) is 4.98 Å². The number of ether oxygens (including phenoxy) is 1. The number of anilines is 2. The van der Waals surface area contributed by atoms with Gasteiger partial charge in [0.25, 0.3) is 0 Å². The Morgan fingerprint density at radius 2 is 2.03 bits per heavy atom. The molecule has 2 aromatic carbocycles. The molecule has 0 unspecified atom stereocenters. The topological polar surface area (TPSA) is 67.3 Å². The third-order valence-electron chi connectivity index (χ3n) is 5.15. The molecule has 4 rings (SSSR count). The minimum Gasteiger partial charge on any atom is -0.439 e. The molecule has 1 amide bonds. The summed E-state index contributed by atoms with van der Waals surface area (Å²) in [5.74, 6) is 1.80. The number of aromatic nitrogens is 2. The Kier molecular flexibility index (Phi) is 5.98. The summed E-state index contributed by atoms with van der Waals surface area (Å²) < 4.78 is 5.97. The van der Waals surface area contributed by atoms with Crippen LogP contribution in [0.2, 0.25) is 0 Å². The molecule has 0 atom stereocenters. The van der Waals surface area contributed by atoms with Crippen LogP contribution in [-0.2, 0) is 17.6 Å². The minimum atomic E-state index is 0.115. The summed E-state index contributed by atoms with van der Waals surface area (Å²) in [6, 6.07) is 15.8. The summed E-state index contributed by atoms with van der Waals surface area (Å²) in [5, 5.41) is 3.22. The fraction of sp³-hybridized carbons (Fsp3) is 0.240. The van der Waals surface area contributed by atoms with Crippen molar-refractivity contribution in [3.8, 4) is 11.6 Å². The average molecular weight is 415 g/mol. The molecule has 0 fully saturated rings. The van der Waals surface area contributed by atoms with Crippen LogP contribution in [0.25, 0.3) is 6.08 Å². The van der Waals surface area contributed by atoms with E-state index >= 15 is 0 Å². The van der Waals surface area contributed by atoms with E-state index in [1.54, 1.807) is 31.3 Å². The zero-order valence-electron chi connectivity index (χ0n) is 18.1. The highest BCUT2D eigenvalue weighted by molar-refractivity contribution is 5.75. The molecule has 0 saturated heterocycles. The Labute approximate surface area is 182 Å². The molecule has 0 spiro atoms. The van der Waals surface area contributed by atoms with Crippen molar-refractivity contribution in [1.82, 2.24) is 14.9 Å². The summed E-state index contributed by atoms with van der Waals surface area (Å²) in [6.07, 6.45) is 6.02. The molecule has 31 heavy (non-hydrogen) atoms. The number of hydrogen-bond acceptors (Lipinski definition) is 5. The molecule has 0 aliphatic heterocycles. The van der Waals surface area contributed by atoms with Crippen molar-refractivity contribution in [2.24, 2.45) is 0 Å². The average Bonchev–Trinajstić information content (AvgIpc) is 3.12. The van der Waals surface area contributed by atoms with E-state index in [0.29, 0.717) is 24.7 Å². The van der Waals surface area contributed by atoms with Gasteiger partial charge in [-0.1, -0.05) is 29.8 Å². The predicted octanol–water partition coefficient (Wildman–Crippen LogP) is 4.99. The first-order valence-corrected chi connectivity index (χ1v) is 10.3. The van der Waals surface area contributed by atoms with Gasteiger partial charge in [-0.05, 0) is 60.7 Å². The second-order valence-electron chi connectivity index (χ2n) is 7.96. The Morgan fingerprint density at radius 3 is 2.87 bits per heavy atom. The van der Waals surface area contributed by atoms with Gasteiger partial charge in [0, 0.05) is 38.5 Å². The molecule has 158 valence electrons. The number of benzene rings is 2. The summed E-state index contributed by atoms with van der Waals surface area (Å²) >= 11 is 0. The van der Waals surface area contributed by atoms with Gasteiger partial charge in [0.15, 0.2) is 0 Å².